The lowest BCUT2D eigenvalue weighted by Gasteiger charge is -2.60. The first-order valence-electron chi connectivity index (χ1n) is 9.87. The number of aliphatic hydroxyl groups excluding tert-OH is 1. The van der Waals surface area contributed by atoms with Gasteiger partial charge in [-0.25, -0.2) is 0 Å². The highest BCUT2D eigenvalue weighted by molar-refractivity contribution is 5.17. The van der Waals surface area contributed by atoms with E-state index in [1.54, 1.807) is 0 Å². The van der Waals surface area contributed by atoms with Crippen molar-refractivity contribution in [1.29, 1.82) is 0 Å². The van der Waals surface area contributed by atoms with Gasteiger partial charge in [0.2, 0.25) is 0 Å². The van der Waals surface area contributed by atoms with Gasteiger partial charge in [-0.3, -0.25) is 4.90 Å². The van der Waals surface area contributed by atoms with Crippen molar-refractivity contribution in [2.24, 2.45) is 5.41 Å². The number of ether oxygens (including phenoxy) is 2. The second-order valence-corrected chi connectivity index (χ2v) is 9.55. The van der Waals surface area contributed by atoms with Gasteiger partial charge in [0, 0.05) is 35.9 Å². The highest BCUT2D eigenvalue weighted by Gasteiger charge is 2.56. The molecule has 1 aromatic carbocycles. The largest absolute Gasteiger partial charge is 0.396 e. The predicted octanol–water partition coefficient (Wildman–Crippen LogP) is 3.97. The summed E-state index contributed by atoms with van der Waals surface area (Å²) >= 11 is 0. The number of piperidine rings is 1. The molecular weight excluding hydrogens is 326 g/mol. The quantitative estimate of drug-likeness (QED) is 0.881. The van der Waals surface area contributed by atoms with E-state index in [0.717, 1.165) is 25.8 Å². The maximum Gasteiger partial charge on any atom is 0.171 e. The van der Waals surface area contributed by atoms with Gasteiger partial charge in [0.1, 0.15) is 0 Å². The molecule has 1 aromatic rings. The molecule has 0 atom stereocenters. The van der Waals surface area contributed by atoms with Gasteiger partial charge in [-0.15, -0.1) is 0 Å². The van der Waals surface area contributed by atoms with Crippen LogP contribution in [0.15, 0.2) is 30.3 Å². The molecule has 4 heteroatoms. The van der Waals surface area contributed by atoms with Gasteiger partial charge in [0.15, 0.2) is 5.79 Å². The van der Waals surface area contributed by atoms with Crippen LogP contribution in [0.3, 0.4) is 0 Å². The number of nitrogens with zero attached hydrogens (tertiary/aromatic N) is 1. The third-order valence-electron chi connectivity index (χ3n) is 6.42. The molecule has 0 amide bonds. The van der Waals surface area contributed by atoms with Gasteiger partial charge >= 0.3 is 0 Å². The number of rotatable bonds is 4. The van der Waals surface area contributed by atoms with E-state index in [0.29, 0.717) is 13.2 Å². The Hall–Kier alpha value is -0.940. The van der Waals surface area contributed by atoms with Crippen LogP contribution in [0.25, 0.3) is 0 Å². The second kappa shape index (κ2) is 6.90. The van der Waals surface area contributed by atoms with E-state index in [1.807, 2.05) is 0 Å². The molecule has 2 heterocycles. The van der Waals surface area contributed by atoms with E-state index >= 15 is 0 Å². The molecule has 2 aliphatic rings. The monoisotopic (exact) mass is 361 g/mol. The van der Waals surface area contributed by atoms with E-state index < -0.39 is 5.79 Å². The molecule has 0 aliphatic carbocycles. The number of benzene rings is 1. The molecule has 0 aromatic heterocycles. The molecule has 3 rings (SSSR count). The summed E-state index contributed by atoms with van der Waals surface area (Å²) in [5, 5.41) is 9.77. The van der Waals surface area contributed by atoms with Crippen LogP contribution in [0.2, 0.25) is 0 Å². The molecule has 0 bridgehead atoms. The van der Waals surface area contributed by atoms with Crippen molar-refractivity contribution in [2.75, 3.05) is 19.8 Å². The Kier molecular flexibility index (Phi) is 5.26. The van der Waals surface area contributed by atoms with Gasteiger partial charge in [-0.2, -0.15) is 0 Å². The molecule has 0 radical (unpaired) electrons. The first kappa shape index (κ1) is 19.8. The fourth-order valence-electron chi connectivity index (χ4n) is 4.85. The Balaban J connectivity index is 1.80. The molecule has 146 valence electrons. The first-order valence-corrected chi connectivity index (χ1v) is 9.87. The molecule has 0 saturated carbocycles. The van der Waals surface area contributed by atoms with E-state index in [2.05, 4.69) is 69.9 Å². The maximum atomic E-state index is 9.77. The van der Waals surface area contributed by atoms with Crippen LogP contribution >= 0.6 is 0 Å². The fraction of sp³-hybridized carbons (Fsp3) is 0.727. The van der Waals surface area contributed by atoms with Crippen molar-refractivity contribution in [3.05, 3.63) is 35.9 Å². The summed E-state index contributed by atoms with van der Waals surface area (Å²) in [6.45, 7) is 13.4. The Morgan fingerprint density at radius 2 is 1.50 bits per heavy atom. The Bertz CT molecular complexity index is 577. The van der Waals surface area contributed by atoms with Crippen molar-refractivity contribution in [3.63, 3.8) is 0 Å². The second-order valence-electron chi connectivity index (χ2n) is 9.55. The zero-order valence-electron chi connectivity index (χ0n) is 17.0. The van der Waals surface area contributed by atoms with E-state index in [4.69, 9.17) is 9.47 Å². The molecule has 0 unspecified atom stereocenters. The average Bonchev–Trinajstić information content (AvgIpc) is 2.60. The fourth-order valence-corrected chi connectivity index (χ4v) is 4.85. The zero-order valence-corrected chi connectivity index (χ0v) is 17.0. The Morgan fingerprint density at radius 3 is 1.96 bits per heavy atom. The minimum absolute atomic E-state index is 0.0526. The topological polar surface area (TPSA) is 41.9 Å². The van der Waals surface area contributed by atoms with E-state index in [1.165, 1.54) is 5.56 Å². The highest BCUT2D eigenvalue weighted by Crippen LogP contribution is 2.49. The molecule has 2 fully saturated rings. The lowest BCUT2D eigenvalue weighted by molar-refractivity contribution is -0.346. The minimum atomic E-state index is -0.548. The van der Waals surface area contributed by atoms with Crippen molar-refractivity contribution in [1.82, 2.24) is 4.90 Å². The van der Waals surface area contributed by atoms with Crippen LogP contribution in [0.1, 0.15) is 59.4 Å². The highest BCUT2D eigenvalue weighted by atomic mass is 16.7. The lowest BCUT2D eigenvalue weighted by atomic mass is 9.74. The van der Waals surface area contributed by atoms with Gasteiger partial charge < -0.3 is 14.6 Å². The zero-order chi connectivity index (χ0) is 19.1. The van der Waals surface area contributed by atoms with Crippen LogP contribution < -0.4 is 0 Å². The van der Waals surface area contributed by atoms with Crippen LogP contribution in [0.5, 0.6) is 0 Å². The van der Waals surface area contributed by atoms with Crippen LogP contribution in [-0.4, -0.2) is 46.7 Å². The average molecular weight is 362 g/mol. The number of likely N-dealkylation sites (tertiary alicyclic amines) is 1. The first-order chi connectivity index (χ1) is 12.2. The summed E-state index contributed by atoms with van der Waals surface area (Å²) in [6.07, 6.45) is 2.54. The third-order valence-corrected chi connectivity index (χ3v) is 6.42. The van der Waals surface area contributed by atoms with Crippen molar-refractivity contribution >= 4 is 0 Å². The summed E-state index contributed by atoms with van der Waals surface area (Å²) in [4.78, 5) is 2.58. The van der Waals surface area contributed by atoms with Crippen molar-refractivity contribution < 1.29 is 14.6 Å². The maximum absolute atomic E-state index is 9.77. The molecular formula is C22H35NO3. The minimum Gasteiger partial charge on any atom is -0.396 e. The number of hydrogen-bond acceptors (Lipinski definition) is 4. The van der Waals surface area contributed by atoms with Crippen LogP contribution in [-0.2, 0) is 16.0 Å². The van der Waals surface area contributed by atoms with Gasteiger partial charge in [-0.1, -0.05) is 37.3 Å². The summed E-state index contributed by atoms with van der Waals surface area (Å²) in [5.41, 5.74) is 0.979. The van der Waals surface area contributed by atoms with Gasteiger partial charge in [0.05, 0.1) is 19.8 Å². The molecule has 2 aliphatic heterocycles. The lowest BCUT2D eigenvalue weighted by Crippen LogP contribution is -2.68. The summed E-state index contributed by atoms with van der Waals surface area (Å²) < 4.78 is 12.7. The number of hydrogen-bond donors (Lipinski definition) is 1. The number of aliphatic hydroxyl groups is 1. The molecule has 2 saturated heterocycles. The molecule has 1 N–H and O–H groups in total. The summed E-state index contributed by atoms with van der Waals surface area (Å²) in [7, 11) is 0. The van der Waals surface area contributed by atoms with Gasteiger partial charge in [-0.05, 0) is 39.7 Å². The van der Waals surface area contributed by atoms with Gasteiger partial charge in [0.25, 0.3) is 0 Å². The van der Waals surface area contributed by atoms with Crippen molar-refractivity contribution in [2.45, 2.75) is 77.3 Å². The molecule has 4 nitrogen and oxygen atoms in total. The Labute approximate surface area is 158 Å². The summed E-state index contributed by atoms with van der Waals surface area (Å²) in [5.74, 6) is -0.548. The Morgan fingerprint density at radius 1 is 0.962 bits per heavy atom. The molecule has 26 heavy (non-hydrogen) atoms. The normalized spacial score (nSPS) is 26.7. The third kappa shape index (κ3) is 3.70. The predicted molar refractivity (Wildman–Crippen MR) is 104 cm³/mol. The standard InChI is InChI=1S/C22H35NO3/c1-6-21(15-24)16-25-22(26-17-21)13-19(2,3)23(20(4,5)14-22)12-18-10-8-7-9-11-18/h7-11,24H,6,12-17H2,1-5H3. The van der Waals surface area contributed by atoms with E-state index in [9.17, 15) is 5.11 Å². The van der Waals surface area contributed by atoms with Crippen molar-refractivity contribution in [3.8, 4) is 0 Å². The van der Waals surface area contributed by atoms with E-state index in [-0.39, 0.29) is 23.1 Å². The van der Waals surface area contributed by atoms with Crippen LogP contribution in [0.4, 0.5) is 0 Å². The SMILES string of the molecule is CCC1(CO)COC2(CC(C)(C)N(Cc3ccccc3)C(C)(C)C2)OC1. The van der Waals surface area contributed by atoms with Crippen LogP contribution in [0, 0.1) is 5.41 Å². The molecule has 1 spiro atoms. The summed E-state index contributed by atoms with van der Waals surface area (Å²) in [6, 6.07) is 10.7. The smallest absolute Gasteiger partial charge is 0.171 e.